The van der Waals surface area contributed by atoms with Crippen molar-refractivity contribution in [1.29, 1.82) is 0 Å². The van der Waals surface area contributed by atoms with Gasteiger partial charge in [-0.1, -0.05) is 6.92 Å². The summed E-state index contributed by atoms with van der Waals surface area (Å²) < 4.78 is 69.9. The van der Waals surface area contributed by atoms with E-state index in [4.69, 9.17) is 0 Å². The maximum atomic E-state index is 14.0. The summed E-state index contributed by atoms with van der Waals surface area (Å²) in [4.78, 5) is 3.70. The molecule has 1 aliphatic rings. The summed E-state index contributed by atoms with van der Waals surface area (Å²) in [6.07, 6.45) is -4.34. The van der Waals surface area contributed by atoms with Crippen LogP contribution in [0.1, 0.15) is 44.9 Å². The summed E-state index contributed by atoms with van der Waals surface area (Å²) in [5.74, 6) is -4.35. The molecule has 6 nitrogen and oxygen atoms in total. The van der Waals surface area contributed by atoms with Crippen LogP contribution in [0.3, 0.4) is 0 Å². The molecule has 3 heterocycles. The summed E-state index contributed by atoms with van der Waals surface area (Å²) in [5.41, 5.74) is -3.08. The van der Waals surface area contributed by atoms with Gasteiger partial charge in [0.15, 0.2) is 11.6 Å². The minimum atomic E-state index is -4.94. The number of rotatable bonds is 3. The van der Waals surface area contributed by atoms with Gasteiger partial charge in [0.1, 0.15) is 5.69 Å². The molecule has 0 unspecified atom stereocenters. The van der Waals surface area contributed by atoms with Gasteiger partial charge in [0.2, 0.25) is 11.4 Å². The van der Waals surface area contributed by atoms with Crippen LogP contribution in [0.15, 0.2) is 6.20 Å². The molecule has 138 valence electrons. The van der Waals surface area contributed by atoms with Gasteiger partial charge in [0.25, 0.3) is 0 Å². The van der Waals surface area contributed by atoms with E-state index in [-0.39, 0.29) is 18.1 Å². The number of fused-ring (bicyclic) bond motifs is 3. The third kappa shape index (κ3) is 2.43. The van der Waals surface area contributed by atoms with E-state index in [1.54, 1.807) is 6.92 Å². The molecule has 0 aliphatic carbocycles. The Bertz CT molecular complexity index is 807. The van der Waals surface area contributed by atoms with Crippen molar-refractivity contribution in [3.63, 3.8) is 0 Å². The first-order valence-electron chi connectivity index (χ1n) is 7.60. The zero-order chi connectivity index (χ0) is 18.8. The molecule has 0 spiro atoms. The van der Waals surface area contributed by atoms with Crippen LogP contribution < -0.4 is 0 Å². The molecular formula is C14H16F5N5O. The van der Waals surface area contributed by atoms with Gasteiger partial charge >= 0.3 is 12.1 Å². The van der Waals surface area contributed by atoms with E-state index >= 15 is 0 Å². The molecule has 0 bridgehead atoms. The Kier molecular flexibility index (Phi) is 3.72. The average molecular weight is 365 g/mol. The van der Waals surface area contributed by atoms with Gasteiger partial charge in [0.05, 0.1) is 12.2 Å². The number of halogens is 5. The minimum absolute atomic E-state index is 0.00190. The van der Waals surface area contributed by atoms with Crippen LogP contribution in [0.5, 0.6) is 0 Å². The zero-order valence-corrected chi connectivity index (χ0v) is 13.6. The monoisotopic (exact) mass is 365 g/mol. The Morgan fingerprint density at radius 3 is 2.40 bits per heavy atom. The van der Waals surface area contributed by atoms with Crippen LogP contribution in [0, 0.1) is 0 Å². The molecule has 3 rings (SSSR count). The third-order valence-electron chi connectivity index (χ3n) is 4.42. The summed E-state index contributed by atoms with van der Waals surface area (Å²) in [5, 5.41) is 17.2. The van der Waals surface area contributed by atoms with E-state index < -0.39 is 41.8 Å². The average Bonchev–Trinajstić information content (AvgIpc) is 3.10. The predicted octanol–water partition coefficient (Wildman–Crippen LogP) is 2.99. The molecule has 2 aromatic rings. The number of hydrogen-bond donors (Lipinski definition) is 1. The smallest absolute Gasteiger partial charge is 0.374 e. The van der Waals surface area contributed by atoms with Gasteiger partial charge < -0.3 is 14.2 Å². The first kappa shape index (κ1) is 17.8. The van der Waals surface area contributed by atoms with Gasteiger partial charge in [0, 0.05) is 13.0 Å². The van der Waals surface area contributed by atoms with Crippen molar-refractivity contribution in [2.45, 2.75) is 57.5 Å². The first-order chi connectivity index (χ1) is 11.4. The lowest BCUT2D eigenvalue weighted by Gasteiger charge is -2.32. The lowest BCUT2D eigenvalue weighted by atomic mass is 10.0. The van der Waals surface area contributed by atoms with Crippen molar-refractivity contribution < 1.29 is 27.1 Å². The third-order valence-corrected chi connectivity index (χ3v) is 4.42. The SMILES string of the molecule is CCC(F)(F)c1nnc2n1C[C@H](C)n1c-2cnc1[C@@](C)(O)C(F)(F)F. The van der Waals surface area contributed by atoms with Crippen LogP contribution in [0.25, 0.3) is 11.5 Å². The van der Waals surface area contributed by atoms with Crippen LogP contribution in [0.2, 0.25) is 0 Å². The van der Waals surface area contributed by atoms with Crippen molar-refractivity contribution in [3.05, 3.63) is 17.8 Å². The molecule has 25 heavy (non-hydrogen) atoms. The standard InChI is InChI=1S/C14H16F5N5O/c1-4-13(15,16)11-22-21-9-8-5-20-10(12(3,25)14(17,18)19)24(8)7(2)6-23(9)11/h5,7,25H,4,6H2,1-3H3/t7-,12+/m0/s1. The van der Waals surface area contributed by atoms with E-state index in [9.17, 15) is 27.1 Å². The largest absolute Gasteiger partial charge is 0.424 e. The van der Waals surface area contributed by atoms with Crippen LogP contribution >= 0.6 is 0 Å². The fourth-order valence-corrected chi connectivity index (χ4v) is 2.90. The van der Waals surface area contributed by atoms with Crippen molar-refractivity contribution in [2.75, 3.05) is 0 Å². The van der Waals surface area contributed by atoms with Crippen molar-refractivity contribution >= 4 is 0 Å². The van der Waals surface area contributed by atoms with Gasteiger partial charge in [-0.3, -0.25) is 0 Å². The second-order valence-electron chi connectivity index (χ2n) is 6.27. The predicted molar refractivity (Wildman–Crippen MR) is 75.8 cm³/mol. The second-order valence-corrected chi connectivity index (χ2v) is 6.27. The quantitative estimate of drug-likeness (QED) is 0.849. The summed E-state index contributed by atoms with van der Waals surface area (Å²) >= 11 is 0. The normalized spacial score (nSPS) is 20.1. The highest BCUT2D eigenvalue weighted by atomic mass is 19.4. The molecule has 1 aliphatic heterocycles. The molecule has 0 fully saturated rings. The Morgan fingerprint density at radius 2 is 1.84 bits per heavy atom. The van der Waals surface area contributed by atoms with E-state index in [1.165, 1.54) is 16.1 Å². The van der Waals surface area contributed by atoms with Crippen LogP contribution in [0.4, 0.5) is 22.0 Å². The van der Waals surface area contributed by atoms with Gasteiger partial charge in [-0.2, -0.15) is 22.0 Å². The number of aliphatic hydroxyl groups is 1. The zero-order valence-electron chi connectivity index (χ0n) is 13.6. The van der Waals surface area contributed by atoms with E-state index in [1.807, 2.05) is 0 Å². The Labute approximate surface area is 139 Å². The van der Waals surface area contributed by atoms with Gasteiger partial charge in [-0.05, 0) is 13.8 Å². The Hall–Kier alpha value is -2.04. The topological polar surface area (TPSA) is 68.8 Å². The highest BCUT2D eigenvalue weighted by Crippen LogP contribution is 2.43. The number of nitrogens with zero attached hydrogens (tertiary/aromatic N) is 5. The number of aromatic nitrogens is 5. The fourth-order valence-electron chi connectivity index (χ4n) is 2.90. The molecule has 0 aromatic carbocycles. The number of alkyl halides is 5. The first-order valence-corrected chi connectivity index (χ1v) is 7.60. The second kappa shape index (κ2) is 5.23. The summed E-state index contributed by atoms with van der Waals surface area (Å²) in [6.45, 7) is 3.40. The lowest BCUT2D eigenvalue weighted by molar-refractivity contribution is -0.262. The van der Waals surface area contributed by atoms with E-state index in [2.05, 4.69) is 15.2 Å². The van der Waals surface area contributed by atoms with Crippen molar-refractivity contribution in [1.82, 2.24) is 24.3 Å². The summed E-state index contributed by atoms with van der Waals surface area (Å²) in [7, 11) is 0. The lowest BCUT2D eigenvalue weighted by Crippen LogP contribution is -2.42. The van der Waals surface area contributed by atoms with E-state index in [0.717, 1.165) is 6.20 Å². The van der Waals surface area contributed by atoms with Gasteiger partial charge in [-0.25, -0.2) is 4.98 Å². The Balaban J connectivity index is 2.18. The maximum Gasteiger partial charge on any atom is 0.424 e. The van der Waals surface area contributed by atoms with Gasteiger partial charge in [-0.15, -0.1) is 10.2 Å². The molecule has 2 aromatic heterocycles. The van der Waals surface area contributed by atoms with Crippen LogP contribution in [-0.2, 0) is 18.1 Å². The van der Waals surface area contributed by atoms with Crippen molar-refractivity contribution in [2.24, 2.45) is 0 Å². The molecule has 0 radical (unpaired) electrons. The molecular weight excluding hydrogens is 349 g/mol. The maximum absolute atomic E-state index is 14.0. The summed E-state index contributed by atoms with van der Waals surface area (Å²) in [6, 6.07) is -0.656. The molecule has 2 atom stereocenters. The van der Waals surface area contributed by atoms with E-state index in [0.29, 0.717) is 6.92 Å². The Morgan fingerprint density at radius 1 is 1.20 bits per heavy atom. The highest BCUT2D eigenvalue weighted by molar-refractivity contribution is 5.52. The van der Waals surface area contributed by atoms with Crippen molar-refractivity contribution in [3.8, 4) is 11.5 Å². The fraction of sp³-hybridized carbons (Fsp3) is 0.643. The van der Waals surface area contributed by atoms with Crippen LogP contribution in [-0.4, -0.2) is 35.6 Å². The minimum Gasteiger partial charge on any atom is -0.374 e. The molecule has 0 saturated heterocycles. The molecule has 0 amide bonds. The highest BCUT2D eigenvalue weighted by Gasteiger charge is 2.55. The molecule has 1 N–H and O–H groups in total. The molecule has 0 saturated carbocycles. The molecule has 11 heteroatoms. The number of imidazole rings is 1. The number of hydrogen-bond acceptors (Lipinski definition) is 4.